The molecule has 1 aromatic rings. The molecule has 0 aromatic carbocycles. The number of aromatic amines is 1. The number of rotatable bonds is 1. The summed E-state index contributed by atoms with van der Waals surface area (Å²) in [7, 11) is 1.42. The molecular weight excluding hydrogens is 166 g/mol. The van der Waals surface area contributed by atoms with Crippen molar-refractivity contribution in [2.45, 2.75) is 25.7 Å². The third-order valence-corrected chi connectivity index (χ3v) is 2.59. The van der Waals surface area contributed by atoms with Gasteiger partial charge in [0.1, 0.15) is 0 Å². The van der Waals surface area contributed by atoms with Gasteiger partial charge in [-0.3, -0.25) is 0 Å². The summed E-state index contributed by atoms with van der Waals surface area (Å²) in [5.74, 6) is -0.223. The molecular formula is C10H13NO2. The molecule has 0 amide bonds. The maximum atomic E-state index is 11.3. The van der Waals surface area contributed by atoms with Crippen molar-refractivity contribution < 1.29 is 9.53 Å². The van der Waals surface area contributed by atoms with Crippen LogP contribution in [0.2, 0.25) is 0 Å². The molecule has 3 nitrogen and oxygen atoms in total. The summed E-state index contributed by atoms with van der Waals surface area (Å²) in [6.45, 7) is 0. The van der Waals surface area contributed by atoms with Crippen LogP contribution in [-0.4, -0.2) is 18.1 Å². The van der Waals surface area contributed by atoms with E-state index in [9.17, 15) is 4.79 Å². The monoisotopic (exact) mass is 179 g/mol. The van der Waals surface area contributed by atoms with Crippen LogP contribution in [0, 0.1) is 0 Å². The molecule has 0 spiro atoms. The number of aryl methyl sites for hydroxylation is 1. The second kappa shape index (κ2) is 3.24. The summed E-state index contributed by atoms with van der Waals surface area (Å²) in [6, 6.07) is 0. The predicted octanol–water partition coefficient (Wildman–Crippen LogP) is 1.68. The summed E-state index contributed by atoms with van der Waals surface area (Å²) < 4.78 is 4.70. The van der Waals surface area contributed by atoms with Crippen LogP contribution in [0.4, 0.5) is 0 Å². The number of methoxy groups -OCH3 is 1. The molecule has 1 aliphatic rings. The smallest absolute Gasteiger partial charge is 0.339 e. The zero-order chi connectivity index (χ0) is 9.26. The van der Waals surface area contributed by atoms with Crippen molar-refractivity contribution >= 4 is 5.97 Å². The fraction of sp³-hybridized carbons (Fsp3) is 0.500. The van der Waals surface area contributed by atoms with Gasteiger partial charge in [0.15, 0.2) is 0 Å². The number of carbonyl (C=O) groups excluding carboxylic acids is 1. The Morgan fingerprint density at radius 3 is 3.00 bits per heavy atom. The van der Waals surface area contributed by atoms with Crippen molar-refractivity contribution in [3.8, 4) is 0 Å². The highest BCUT2D eigenvalue weighted by Crippen LogP contribution is 2.24. The number of carbonyl (C=O) groups is 1. The maximum Gasteiger partial charge on any atom is 0.339 e. The van der Waals surface area contributed by atoms with Crippen molar-refractivity contribution in [1.29, 1.82) is 0 Å². The summed E-state index contributed by atoms with van der Waals surface area (Å²) in [6.07, 6.45) is 6.22. The van der Waals surface area contributed by atoms with Gasteiger partial charge in [-0.15, -0.1) is 0 Å². The molecule has 0 fully saturated rings. The highest BCUT2D eigenvalue weighted by atomic mass is 16.5. The molecule has 0 saturated heterocycles. The molecule has 0 atom stereocenters. The van der Waals surface area contributed by atoms with E-state index in [2.05, 4.69) is 4.98 Å². The molecule has 1 N–H and O–H groups in total. The van der Waals surface area contributed by atoms with Gasteiger partial charge >= 0.3 is 5.97 Å². The molecule has 0 radical (unpaired) electrons. The molecule has 0 bridgehead atoms. The van der Waals surface area contributed by atoms with Gasteiger partial charge in [0.25, 0.3) is 0 Å². The lowest BCUT2D eigenvalue weighted by Gasteiger charge is -2.11. The van der Waals surface area contributed by atoms with Gasteiger partial charge in [-0.05, 0) is 31.2 Å². The van der Waals surface area contributed by atoms with Gasteiger partial charge in [-0.1, -0.05) is 0 Å². The molecule has 0 aliphatic heterocycles. The summed E-state index contributed by atoms with van der Waals surface area (Å²) in [4.78, 5) is 14.4. The molecule has 1 aliphatic carbocycles. The zero-order valence-electron chi connectivity index (χ0n) is 7.72. The largest absolute Gasteiger partial charge is 0.465 e. The number of hydrogen-bond acceptors (Lipinski definition) is 2. The number of fused-ring (bicyclic) bond motifs is 1. The average Bonchev–Trinajstić information content (AvgIpc) is 2.60. The Morgan fingerprint density at radius 2 is 2.23 bits per heavy atom. The number of nitrogens with one attached hydrogen (secondary N) is 1. The van der Waals surface area contributed by atoms with Crippen molar-refractivity contribution in [2.75, 3.05) is 7.11 Å². The van der Waals surface area contributed by atoms with Gasteiger partial charge in [0.2, 0.25) is 0 Å². The lowest BCUT2D eigenvalue weighted by Crippen LogP contribution is -2.07. The molecule has 70 valence electrons. The standard InChI is InChI=1S/C10H13NO2/c1-13-10(12)8-6-11-9-5-3-2-4-7(8)9/h6,11H,2-5H2,1H3. The Bertz CT molecular complexity index is 328. The van der Waals surface area contributed by atoms with Gasteiger partial charge in [0, 0.05) is 11.9 Å². The second-order valence-electron chi connectivity index (χ2n) is 3.36. The fourth-order valence-corrected chi connectivity index (χ4v) is 1.90. The van der Waals surface area contributed by atoms with Gasteiger partial charge in [-0.25, -0.2) is 4.79 Å². The lowest BCUT2D eigenvalue weighted by atomic mass is 9.95. The van der Waals surface area contributed by atoms with Crippen LogP contribution >= 0.6 is 0 Å². The molecule has 1 aromatic heterocycles. The normalized spacial score (nSPS) is 15.2. The molecule has 2 rings (SSSR count). The molecule has 0 saturated carbocycles. The predicted molar refractivity (Wildman–Crippen MR) is 48.8 cm³/mol. The summed E-state index contributed by atoms with van der Waals surface area (Å²) >= 11 is 0. The quantitative estimate of drug-likeness (QED) is 0.666. The Kier molecular flexibility index (Phi) is 2.08. The molecule has 0 unspecified atom stereocenters. The van der Waals surface area contributed by atoms with Crippen molar-refractivity contribution in [3.05, 3.63) is 23.0 Å². The van der Waals surface area contributed by atoms with E-state index in [4.69, 9.17) is 4.74 Å². The van der Waals surface area contributed by atoms with Crippen molar-refractivity contribution in [1.82, 2.24) is 4.98 Å². The van der Waals surface area contributed by atoms with Crippen LogP contribution < -0.4 is 0 Å². The van der Waals surface area contributed by atoms with Crippen molar-refractivity contribution in [2.24, 2.45) is 0 Å². The molecule has 13 heavy (non-hydrogen) atoms. The average molecular weight is 179 g/mol. The van der Waals surface area contributed by atoms with E-state index in [1.54, 1.807) is 6.20 Å². The fourth-order valence-electron chi connectivity index (χ4n) is 1.90. The van der Waals surface area contributed by atoms with E-state index in [0.29, 0.717) is 0 Å². The Hall–Kier alpha value is -1.25. The number of hydrogen-bond donors (Lipinski definition) is 1. The highest BCUT2D eigenvalue weighted by Gasteiger charge is 2.19. The van der Waals surface area contributed by atoms with Crippen LogP contribution in [0.5, 0.6) is 0 Å². The van der Waals surface area contributed by atoms with E-state index in [-0.39, 0.29) is 5.97 Å². The van der Waals surface area contributed by atoms with Crippen LogP contribution in [0.25, 0.3) is 0 Å². The minimum absolute atomic E-state index is 0.223. The number of H-pyrrole nitrogens is 1. The highest BCUT2D eigenvalue weighted by molar-refractivity contribution is 5.91. The van der Waals surface area contributed by atoms with Gasteiger partial charge in [-0.2, -0.15) is 0 Å². The van der Waals surface area contributed by atoms with Crippen molar-refractivity contribution in [3.63, 3.8) is 0 Å². The molecule has 1 heterocycles. The second-order valence-corrected chi connectivity index (χ2v) is 3.36. The van der Waals surface area contributed by atoms with Gasteiger partial charge in [0.05, 0.1) is 12.7 Å². The first kappa shape index (κ1) is 8.35. The Labute approximate surface area is 77.1 Å². The number of esters is 1. The number of aromatic nitrogens is 1. The lowest BCUT2D eigenvalue weighted by molar-refractivity contribution is 0.0599. The van der Waals surface area contributed by atoms with E-state index in [1.807, 2.05) is 0 Å². The van der Waals surface area contributed by atoms with Crippen LogP contribution in [0.1, 0.15) is 34.5 Å². The first-order valence-electron chi connectivity index (χ1n) is 4.60. The maximum absolute atomic E-state index is 11.3. The van der Waals surface area contributed by atoms with E-state index in [1.165, 1.54) is 25.6 Å². The zero-order valence-corrected chi connectivity index (χ0v) is 7.72. The van der Waals surface area contributed by atoms with E-state index in [0.717, 1.165) is 24.0 Å². The molecule has 3 heteroatoms. The SMILES string of the molecule is COC(=O)c1c[nH]c2c1CCCC2. The van der Waals surface area contributed by atoms with E-state index < -0.39 is 0 Å². The number of ether oxygens (including phenoxy) is 1. The van der Waals surface area contributed by atoms with Gasteiger partial charge < -0.3 is 9.72 Å². The third-order valence-electron chi connectivity index (χ3n) is 2.59. The minimum Gasteiger partial charge on any atom is -0.465 e. The van der Waals surface area contributed by atoms with E-state index >= 15 is 0 Å². The Balaban J connectivity index is 2.36. The first-order chi connectivity index (χ1) is 6.33. The van der Waals surface area contributed by atoms with Crippen LogP contribution in [-0.2, 0) is 17.6 Å². The van der Waals surface area contributed by atoms with Crippen LogP contribution in [0.15, 0.2) is 6.20 Å². The first-order valence-corrected chi connectivity index (χ1v) is 4.60. The summed E-state index contributed by atoms with van der Waals surface area (Å²) in [5.41, 5.74) is 3.10. The minimum atomic E-state index is -0.223. The third kappa shape index (κ3) is 1.34. The van der Waals surface area contributed by atoms with Crippen LogP contribution in [0.3, 0.4) is 0 Å². The Morgan fingerprint density at radius 1 is 1.46 bits per heavy atom. The summed E-state index contributed by atoms with van der Waals surface area (Å²) in [5, 5.41) is 0. The topological polar surface area (TPSA) is 42.1 Å².